The highest BCUT2D eigenvalue weighted by Crippen LogP contribution is 2.07. The van der Waals surface area contributed by atoms with Crippen LogP contribution >= 0.6 is 11.6 Å². The largest absolute Gasteiger partial charge is 0.435 e. The first kappa shape index (κ1) is 8.23. The molecule has 0 aliphatic rings. The summed E-state index contributed by atoms with van der Waals surface area (Å²) in [6, 6.07) is 0. The smallest absolute Gasteiger partial charge is 0.292 e. The number of nitrogens with zero attached hydrogens (tertiary/aromatic N) is 1. The van der Waals surface area contributed by atoms with E-state index in [1.165, 1.54) is 6.26 Å². The summed E-state index contributed by atoms with van der Waals surface area (Å²) in [5.41, 5.74) is 0.254. The Morgan fingerprint density at radius 2 is 2.64 bits per heavy atom. The van der Waals surface area contributed by atoms with E-state index in [4.69, 9.17) is 11.6 Å². The van der Waals surface area contributed by atoms with E-state index in [0.717, 1.165) is 0 Å². The van der Waals surface area contributed by atoms with Crippen LogP contribution in [0.1, 0.15) is 10.5 Å². The molecule has 5 heteroatoms. The van der Waals surface area contributed by atoms with E-state index in [1.54, 1.807) is 7.05 Å². The molecule has 0 aliphatic carbocycles. The monoisotopic (exact) mass is 174 g/mol. The molecule has 0 saturated carbocycles. The van der Waals surface area contributed by atoms with E-state index in [-0.39, 0.29) is 23.4 Å². The van der Waals surface area contributed by atoms with Crippen molar-refractivity contribution in [3.63, 3.8) is 0 Å². The number of hydrogen-bond donors (Lipinski definition) is 1. The van der Waals surface area contributed by atoms with Crippen LogP contribution < -0.4 is 5.32 Å². The molecule has 60 valence electrons. The van der Waals surface area contributed by atoms with Crippen LogP contribution in [0.5, 0.6) is 0 Å². The lowest BCUT2D eigenvalue weighted by molar-refractivity contribution is 0.0989. The average molecular weight is 175 g/mol. The van der Waals surface area contributed by atoms with Gasteiger partial charge in [-0.05, 0) is 18.6 Å². The standard InChI is InChI=1S/C6H7ClN2O2/c1-8-2-5(10)4-3-11-6(7)9-4/h3,8H,2H2,1H3. The predicted molar refractivity (Wildman–Crippen MR) is 39.8 cm³/mol. The molecule has 0 amide bonds. The summed E-state index contributed by atoms with van der Waals surface area (Å²) < 4.78 is 4.64. The fourth-order valence-electron chi connectivity index (χ4n) is 0.631. The van der Waals surface area contributed by atoms with Crippen LogP contribution in [0, 0.1) is 0 Å². The van der Waals surface area contributed by atoms with Gasteiger partial charge in [-0.25, -0.2) is 0 Å². The van der Waals surface area contributed by atoms with Crippen molar-refractivity contribution in [3.05, 3.63) is 17.3 Å². The lowest BCUT2D eigenvalue weighted by Crippen LogP contribution is -2.18. The Bertz CT molecular complexity index is 259. The highest BCUT2D eigenvalue weighted by Gasteiger charge is 2.09. The fraction of sp³-hybridized carbons (Fsp3) is 0.333. The number of likely N-dealkylation sites (N-methyl/N-ethyl adjacent to an activating group) is 1. The quantitative estimate of drug-likeness (QED) is 0.687. The van der Waals surface area contributed by atoms with Crippen LogP contribution in [0.4, 0.5) is 0 Å². The second kappa shape index (κ2) is 3.50. The van der Waals surface area contributed by atoms with Gasteiger partial charge in [0.2, 0.25) is 0 Å². The molecule has 1 heterocycles. The molecule has 0 saturated heterocycles. The molecule has 0 unspecified atom stereocenters. The Kier molecular flexibility index (Phi) is 2.62. The number of Topliss-reactive ketones (excluding diaryl/α,β-unsaturated/α-hetero) is 1. The van der Waals surface area contributed by atoms with Crippen LogP contribution in [0.2, 0.25) is 5.35 Å². The molecule has 1 aromatic heterocycles. The normalized spacial score (nSPS) is 10.0. The first-order chi connectivity index (χ1) is 5.24. The number of hydrogen-bond acceptors (Lipinski definition) is 4. The second-order valence-electron chi connectivity index (χ2n) is 1.94. The minimum Gasteiger partial charge on any atom is -0.435 e. The number of carbonyl (C=O) groups is 1. The Hall–Kier alpha value is -0.870. The number of carbonyl (C=O) groups excluding carboxylic acids is 1. The van der Waals surface area contributed by atoms with Gasteiger partial charge < -0.3 is 9.73 Å². The van der Waals surface area contributed by atoms with Gasteiger partial charge in [0.1, 0.15) is 12.0 Å². The van der Waals surface area contributed by atoms with E-state index in [9.17, 15) is 4.79 Å². The van der Waals surface area contributed by atoms with Crippen molar-refractivity contribution in [1.82, 2.24) is 10.3 Å². The molecule has 0 spiro atoms. The number of aromatic nitrogens is 1. The lowest BCUT2D eigenvalue weighted by atomic mass is 10.3. The van der Waals surface area contributed by atoms with Gasteiger partial charge in [-0.1, -0.05) is 0 Å². The topological polar surface area (TPSA) is 55.1 Å². The molecular formula is C6H7ClN2O2. The molecule has 1 aromatic rings. The summed E-state index contributed by atoms with van der Waals surface area (Å²) in [5.74, 6) is -0.136. The SMILES string of the molecule is CNCC(=O)c1coc(Cl)n1. The lowest BCUT2D eigenvalue weighted by Gasteiger charge is -1.91. The molecule has 0 radical (unpaired) electrons. The van der Waals surface area contributed by atoms with Crippen molar-refractivity contribution in [1.29, 1.82) is 0 Å². The number of oxazole rings is 1. The molecule has 11 heavy (non-hydrogen) atoms. The summed E-state index contributed by atoms with van der Waals surface area (Å²) in [7, 11) is 1.68. The first-order valence-electron chi connectivity index (χ1n) is 3.03. The van der Waals surface area contributed by atoms with Crippen molar-refractivity contribution < 1.29 is 9.21 Å². The Morgan fingerprint density at radius 3 is 3.09 bits per heavy atom. The molecule has 1 rings (SSSR count). The minimum absolute atomic E-state index is 0.00977. The van der Waals surface area contributed by atoms with Gasteiger partial charge in [0.05, 0.1) is 6.54 Å². The van der Waals surface area contributed by atoms with E-state index in [2.05, 4.69) is 14.7 Å². The molecule has 4 nitrogen and oxygen atoms in total. The maximum Gasteiger partial charge on any atom is 0.292 e. The third-order valence-electron chi connectivity index (χ3n) is 1.10. The van der Waals surface area contributed by atoms with Crippen molar-refractivity contribution in [2.75, 3.05) is 13.6 Å². The zero-order chi connectivity index (χ0) is 8.27. The van der Waals surface area contributed by atoms with Gasteiger partial charge in [-0.2, -0.15) is 4.98 Å². The molecular weight excluding hydrogens is 168 g/mol. The Morgan fingerprint density at radius 1 is 1.91 bits per heavy atom. The van der Waals surface area contributed by atoms with Crippen molar-refractivity contribution >= 4 is 17.4 Å². The summed E-state index contributed by atoms with van der Waals surface area (Å²) in [4.78, 5) is 14.7. The maximum atomic E-state index is 11.0. The van der Waals surface area contributed by atoms with Crippen molar-refractivity contribution in [3.8, 4) is 0 Å². The number of rotatable bonds is 3. The molecule has 0 bridgehead atoms. The zero-order valence-corrected chi connectivity index (χ0v) is 6.68. The number of nitrogens with one attached hydrogen (secondary N) is 1. The first-order valence-corrected chi connectivity index (χ1v) is 3.40. The van der Waals surface area contributed by atoms with Gasteiger partial charge in [-0.3, -0.25) is 4.79 Å². The number of halogens is 1. The Labute approximate surface area is 68.6 Å². The van der Waals surface area contributed by atoms with Gasteiger partial charge in [-0.15, -0.1) is 0 Å². The highest BCUT2D eigenvalue weighted by atomic mass is 35.5. The third-order valence-corrected chi connectivity index (χ3v) is 1.27. The van der Waals surface area contributed by atoms with Crippen LogP contribution in [-0.4, -0.2) is 24.4 Å². The highest BCUT2D eigenvalue weighted by molar-refractivity contribution is 6.27. The van der Waals surface area contributed by atoms with E-state index in [1.807, 2.05) is 0 Å². The van der Waals surface area contributed by atoms with Crippen LogP contribution in [-0.2, 0) is 0 Å². The summed E-state index contributed by atoms with van der Waals surface area (Å²) in [6.07, 6.45) is 1.24. The summed E-state index contributed by atoms with van der Waals surface area (Å²) in [5, 5.41) is 2.69. The maximum absolute atomic E-state index is 11.0. The van der Waals surface area contributed by atoms with E-state index in [0.29, 0.717) is 0 Å². The van der Waals surface area contributed by atoms with Crippen molar-refractivity contribution in [2.45, 2.75) is 0 Å². The minimum atomic E-state index is -0.136. The number of ketones is 1. The van der Waals surface area contributed by atoms with Gasteiger partial charge >= 0.3 is 0 Å². The van der Waals surface area contributed by atoms with E-state index < -0.39 is 0 Å². The third kappa shape index (κ3) is 2.03. The van der Waals surface area contributed by atoms with Crippen molar-refractivity contribution in [2.24, 2.45) is 0 Å². The predicted octanol–water partition coefficient (Wildman–Crippen LogP) is 0.730. The molecule has 0 fully saturated rings. The molecule has 0 aliphatic heterocycles. The zero-order valence-electron chi connectivity index (χ0n) is 5.93. The van der Waals surface area contributed by atoms with Gasteiger partial charge in [0.15, 0.2) is 5.78 Å². The average Bonchev–Trinajstić information content (AvgIpc) is 2.36. The van der Waals surface area contributed by atoms with Crippen LogP contribution in [0.3, 0.4) is 0 Å². The molecule has 0 aromatic carbocycles. The molecule has 0 atom stereocenters. The summed E-state index contributed by atoms with van der Waals surface area (Å²) >= 11 is 5.35. The van der Waals surface area contributed by atoms with Gasteiger partial charge in [0.25, 0.3) is 5.35 Å². The van der Waals surface area contributed by atoms with E-state index >= 15 is 0 Å². The van der Waals surface area contributed by atoms with Crippen LogP contribution in [0.15, 0.2) is 10.7 Å². The van der Waals surface area contributed by atoms with Crippen LogP contribution in [0.25, 0.3) is 0 Å². The molecule has 1 N–H and O–H groups in total. The summed E-state index contributed by atoms with van der Waals surface area (Å²) in [6.45, 7) is 0.239. The Balaban J connectivity index is 2.69. The second-order valence-corrected chi connectivity index (χ2v) is 2.26. The fourth-order valence-corrected chi connectivity index (χ4v) is 0.767. The van der Waals surface area contributed by atoms with Gasteiger partial charge in [0, 0.05) is 0 Å².